The van der Waals surface area contributed by atoms with Gasteiger partial charge in [0, 0.05) is 23.6 Å². The van der Waals surface area contributed by atoms with Gasteiger partial charge in [-0.3, -0.25) is 9.69 Å². The number of piperidine rings is 1. The molecule has 4 heteroatoms. The van der Waals surface area contributed by atoms with Gasteiger partial charge in [0.05, 0.1) is 0 Å². The van der Waals surface area contributed by atoms with E-state index in [1.807, 2.05) is 17.7 Å². The van der Waals surface area contributed by atoms with Gasteiger partial charge in [0.15, 0.2) is 0 Å². The van der Waals surface area contributed by atoms with Crippen molar-refractivity contribution in [2.75, 3.05) is 13.1 Å². The molecule has 0 aliphatic carbocycles. The lowest BCUT2D eigenvalue weighted by molar-refractivity contribution is -0.120. The van der Waals surface area contributed by atoms with E-state index in [4.69, 9.17) is 5.73 Å². The summed E-state index contributed by atoms with van der Waals surface area (Å²) in [4.78, 5) is 14.0. The molecule has 1 aliphatic rings. The summed E-state index contributed by atoms with van der Waals surface area (Å²) < 4.78 is 1.98. The Morgan fingerprint density at radius 1 is 1.27 bits per heavy atom. The number of likely N-dealkylation sites (tertiary alicyclic amines) is 1. The third-order valence-electron chi connectivity index (χ3n) is 4.78. The summed E-state index contributed by atoms with van der Waals surface area (Å²) in [7, 11) is 0. The second-order valence-electron chi connectivity index (χ2n) is 6.49. The fraction of sp³-hybridized carbons (Fsp3) is 0.500. The molecule has 3 rings (SSSR count). The molecule has 1 saturated heterocycles. The lowest BCUT2D eigenvalue weighted by Gasteiger charge is -2.26. The molecule has 0 radical (unpaired) electrons. The molecule has 0 saturated carbocycles. The first-order chi connectivity index (χ1) is 10.6. The van der Waals surface area contributed by atoms with Crippen LogP contribution in [0.2, 0.25) is 0 Å². The fourth-order valence-electron chi connectivity index (χ4n) is 3.40. The van der Waals surface area contributed by atoms with E-state index >= 15 is 0 Å². The monoisotopic (exact) mass is 299 g/mol. The Morgan fingerprint density at radius 2 is 2.00 bits per heavy atom. The van der Waals surface area contributed by atoms with Crippen LogP contribution in [-0.2, 0) is 11.3 Å². The standard InChI is InChI=1S/C18H25N3O/c1-13-11-21(14(2)18(19)22)17-7-6-15(10-16(13)17)12-20-8-4-3-5-9-20/h6-7,10-11,14H,3-5,8-9,12H2,1-2H3,(H2,19,22). The number of fused-ring (bicyclic) bond motifs is 1. The molecule has 1 amide bonds. The first-order valence-corrected chi connectivity index (χ1v) is 8.18. The predicted octanol–water partition coefficient (Wildman–Crippen LogP) is 2.98. The van der Waals surface area contributed by atoms with Gasteiger partial charge in [0.1, 0.15) is 6.04 Å². The summed E-state index contributed by atoms with van der Waals surface area (Å²) in [5.74, 6) is -0.297. The van der Waals surface area contributed by atoms with Crippen LogP contribution < -0.4 is 5.73 Å². The largest absolute Gasteiger partial charge is 0.368 e. The minimum Gasteiger partial charge on any atom is -0.368 e. The molecule has 22 heavy (non-hydrogen) atoms. The first-order valence-electron chi connectivity index (χ1n) is 8.18. The second-order valence-corrected chi connectivity index (χ2v) is 6.49. The Kier molecular flexibility index (Phi) is 4.21. The summed E-state index contributed by atoms with van der Waals surface area (Å²) >= 11 is 0. The number of hydrogen-bond donors (Lipinski definition) is 1. The summed E-state index contributed by atoms with van der Waals surface area (Å²) in [5, 5.41) is 1.22. The molecule has 0 bridgehead atoms. The predicted molar refractivity (Wildman–Crippen MR) is 89.7 cm³/mol. The third kappa shape index (κ3) is 2.88. The van der Waals surface area contributed by atoms with Crippen molar-refractivity contribution in [2.45, 2.75) is 45.7 Å². The molecule has 118 valence electrons. The first kappa shape index (κ1) is 15.1. The van der Waals surface area contributed by atoms with Crippen molar-refractivity contribution in [1.29, 1.82) is 0 Å². The van der Waals surface area contributed by atoms with Crippen molar-refractivity contribution in [3.05, 3.63) is 35.5 Å². The molecule has 1 atom stereocenters. The Hall–Kier alpha value is -1.81. The van der Waals surface area contributed by atoms with Crippen LogP contribution in [0.15, 0.2) is 24.4 Å². The van der Waals surface area contributed by atoms with E-state index in [1.165, 1.54) is 48.9 Å². The highest BCUT2D eigenvalue weighted by Crippen LogP contribution is 2.26. The van der Waals surface area contributed by atoms with Crippen molar-refractivity contribution in [3.8, 4) is 0 Å². The lowest BCUT2D eigenvalue weighted by atomic mass is 10.1. The minimum absolute atomic E-state index is 0.297. The minimum atomic E-state index is -0.316. The van der Waals surface area contributed by atoms with Gasteiger partial charge >= 0.3 is 0 Å². The van der Waals surface area contributed by atoms with Crippen LogP contribution in [0.5, 0.6) is 0 Å². The van der Waals surface area contributed by atoms with Crippen LogP contribution in [-0.4, -0.2) is 28.5 Å². The fourth-order valence-corrected chi connectivity index (χ4v) is 3.40. The van der Waals surface area contributed by atoms with Crippen molar-refractivity contribution in [2.24, 2.45) is 5.73 Å². The SMILES string of the molecule is Cc1cn(C(C)C(N)=O)c2ccc(CN3CCCCC3)cc12. The van der Waals surface area contributed by atoms with Gasteiger partial charge in [-0.05, 0) is 63.0 Å². The van der Waals surface area contributed by atoms with Gasteiger partial charge in [-0.15, -0.1) is 0 Å². The highest BCUT2D eigenvalue weighted by atomic mass is 16.1. The molecule has 2 aromatic rings. The van der Waals surface area contributed by atoms with E-state index in [9.17, 15) is 4.79 Å². The van der Waals surface area contributed by atoms with Gasteiger partial charge < -0.3 is 10.3 Å². The Morgan fingerprint density at radius 3 is 2.68 bits per heavy atom. The molecule has 1 aromatic carbocycles. The molecule has 2 heterocycles. The van der Waals surface area contributed by atoms with Crippen LogP contribution in [0.3, 0.4) is 0 Å². The van der Waals surface area contributed by atoms with Crippen LogP contribution in [0.4, 0.5) is 0 Å². The number of benzene rings is 1. The highest BCUT2D eigenvalue weighted by Gasteiger charge is 2.16. The highest BCUT2D eigenvalue weighted by molar-refractivity contribution is 5.87. The number of hydrogen-bond acceptors (Lipinski definition) is 2. The maximum Gasteiger partial charge on any atom is 0.240 e. The number of primary amides is 1. The van der Waals surface area contributed by atoms with E-state index in [-0.39, 0.29) is 11.9 Å². The summed E-state index contributed by atoms with van der Waals surface area (Å²) in [6, 6.07) is 6.26. The Balaban J connectivity index is 1.90. The van der Waals surface area contributed by atoms with Crippen LogP contribution in [0.25, 0.3) is 10.9 Å². The van der Waals surface area contributed by atoms with Gasteiger partial charge in [0.2, 0.25) is 5.91 Å². The number of aromatic nitrogens is 1. The number of amides is 1. The van der Waals surface area contributed by atoms with E-state index < -0.39 is 0 Å². The second kappa shape index (κ2) is 6.13. The Bertz CT molecular complexity index is 683. The lowest BCUT2D eigenvalue weighted by Crippen LogP contribution is -2.29. The number of rotatable bonds is 4. The number of nitrogens with two attached hydrogens (primary N) is 1. The molecular weight excluding hydrogens is 274 g/mol. The van der Waals surface area contributed by atoms with E-state index in [0.29, 0.717) is 0 Å². The average molecular weight is 299 g/mol. The maximum absolute atomic E-state index is 11.5. The molecule has 1 aliphatic heterocycles. The molecule has 1 fully saturated rings. The number of nitrogens with zero attached hydrogens (tertiary/aromatic N) is 2. The zero-order chi connectivity index (χ0) is 15.7. The average Bonchev–Trinajstić information content (AvgIpc) is 2.84. The molecule has 0 spiro atoms. The smallest absolute Gasteiger partial charge is 0.240 e. The van der Waals surface area contributed by atoms with Crippen molar-refractivity contribution >= 4 is 16.8 Å². The molecule has 1 unspecified atom stereocenters. The summed E-state index contributed by atoms with van der Waals surface area (Å²) in [6.45, 7) is 7.37. The van der Waals surface area contributed by atoms with Crippen LogP contribution in [0, 0.1) is 6.92 Å². The van der Waals surface area contributed by atoms with E-state index in [2.05, 4.69) is 30.0 Å². The quantitative estimate of drug-likeness (QED) is 0.943. The van der Waals surface area contributed by atoms with Gasteiger partial charge in [-0.1, -0.05) is 12.5 Å². The van der Waals surface area contributed by atoms with E-state index in [0.717, 1.165) is 12.1 Å². The topological polar surface area (TPSA) is 51.3 Å². The zero-order valence-corrected chi connectivity index (χ0v) is 13.5. The molecule has 2 N–H and O–H groups in total. The molecule has 4 nitrogen and oxygen atoms in total. The number of carbonyl (C=O) groups excluding carboxylic acids is 1. The van der Waals surface area contributed by atoms with E-state index in [1.54, 1.807) is 0 Å². The van der Waals surface area contributed by atoms with Crippen molar-refractivity contribution in [3.63, 3.8) is 0 Å². The normalized spacial score (nSPS) is 17.7. The molecule has 1 aromatic heterocycles. The van der Waals surface area contributed by atoms with Crippen molar-refractivity contribution in [1.82, 2.24) is 9.47 Å². The van der Waals surface area contributed by atoms with Crippen LogP contribution >= 0.6 is 0 Å². The Labute approximate surface area is 131 Å². The van der Waals surface area contributed by atoms with Crippen molar-refractivity contribution < 1.29 is 4.79 Å². The number of aryl methyl sites for hydroxylation is 1. The third-order valence-corrected chi connectivity index (χ3v) is 4.78. The van der Waals surface area contributed by atoms with Crippen LogP contribution in [0.1, 0.15) is 43.4 Å². The summed E-state index contributed by atoms with van der Waals surface area (Å²) in [5.41, 5.74) is 9.09. The number of carbonyl (C=O) groups is 1. The van der Waals surface area contributed by atoms with Gasteiger partial charge in [-0.25, -0.2) is 0 Å². The molecular formula is C18H25N3O. The maximum atomic E-state index is 11.5. The summed E-state index contributed by atoms with van der Waals surface area (Å²) in [6.07, 6.45) is 6.02. The van der Waals surface area contributed by atoms with Gasteiger partial charge in [0.25, 0.3) is 0 Å². The van der Waals surface area contributed by atoms with Gasteiger partial charge in [-0.2, -0.15) is 0 Å². The zero-order valence-electron chi connectivity index (χ0n) is 13.5.